The summed E-state index contributed by atoms with van der Waals surface area (Å²) in [5.41, 5.74) is 2.06. The first-order valence-corrected chi connectivity index (χ1v) is 13.4. The Hall–Kier alpha value is -4.04. The minimum Gasteiger partial charge on any atom is -0.494 e. The third kappa shape index (κ3) is 7.04. The maximum absolute atomic E-state index is 13.4. The summed E-state index contributed by atoms with van der Waals surface area (Å²) in [5, 5.41) is 14.8. The van der Waals surface area contributed by atoms with Crippen molar-refractivity contribution in [3.05, 3.63) is 96.6 Å². The van der Waals surface area contributed by atoms with E-state index in [0.717, 1.165) is 16.2 Å². The largest absolute Gasteiger partial charge is 0.494 e. The zero-order valence-corrected chi connectivity index (χ0v) is 21.8. The minimum atomic E-state index is -0.969. The first-order chi connectivity index (χ1) is 18.4. The van der Waals surface area contributed by atoms with Gasteiger partial charge in [0.2, 0.25) is 11.8 Å². The van der Waals surface area contributed by atoms with Crippen molar-refractivity contribution in [1.29, 1.82) is 0 Å². The molecule has 0 heterocycles. The number of anilines is 2. The van der Waals surface area contributed by atoms with E-state index in [2.05, 4.69) is 10.6 Å². The number of thioether (sulfide) groups is 1. The molecule has 8 heteroatoms. The second-order valence-electron chi connectivity index (χ2n) is 8.87. The number of hydrogen-bond donors (Lipinski definition) is 3. The van der Waals surface area contributed by atoms with Gasteiger partial charge in [-0.1, -0.05) is 48.6 Å². The highest BCUT2D eigenvalue weighted by molar-refractivity contribution is 8.00. The first kappa shape index (κ1) is 27.0. The van der Waals surface area contributed by atoms with E-state index in [9.17, 15) is 19.5 Å². The molecule has 38 heavy (non-hydrogen) atoms. The summed E-state index contributed by atoms with van der Waals surface area (Å²) in [6, 6.07) is 24.0. The van der Waals surface area contributed by atoms with Crippen molar-refractivity contribution >= 4 is 40.9 Å². The van der Waals surface area contributed by atoms with Crippen LogP contribution in [0.5, 0.6) is 5.75 Å². The number of carboxylic acids is 1. The molecule has 0 radical (unpaired) electrons. The smallest absolute Gasteiger partial charge is 0.307 e. The lowest BCUT2D eigenvalue weighted by molar-refractivity contribution is -0.146. The van der Waals surface area contributed by atoms with Gasteiger partial charge in [-0.2, -0.15) is 0 Å². The van der Waals surface area contributed by atoms with E-state index in [-0.39, 0.29) is 11.8 Å². The molecule has 3 N–H and O–H groups in total. The molecule has 0 spiro atoms. The van der Waals surface area contributed by atoms with Crippen LogP contribution in [0.25, 0.3) is 0 Å². The standard InChI is InChI=1S/C30H30N2O5S/c1-2-37-23-17-15-21(16-18-23)31-29(34)27(20-9-4-3-5-10-20)38-24-12-8-11-22(19-24)32-28(33)25-13-6-7-14-26(25)30(35)36/h3-12,15-19,25-27H,2,13-14H2,1H3,(H,31,34)(H,32,33)(H,35,36). The number of hydrogen-bond acceptors (Lipinski definition) is 5. The van der Waals surface area contributed by atoms with Gasteiger partial charge < -0.3 is 20.5 Å². The normalized spacial score (nSPS) is 17.3. The van der Waals surface area contributed by atoms with E-state index in [4.69, 9.17) is 4.74 Å². The molecule has 1 aliphatic carbocycles. The summed E-state index contributed by atoms with van der Waals surface area (Å²) in [7, 11) is 0. The average Bonchev–Trinajstić information content (AvgIpc) is 2.93. The zero-order valence-electron chi connectivity index (χ0n) is 21.0. The zero-order chi connectivity index (χ0) is 26.9. The van der Waals surface area contributed by atoms with Gasteiger partial charge in [-0.15, -0.1) is 11.8 Å². The molecule has 3 unspecified atom stereocenters. The summed E-state index contributed by atoms with van der Waals surface area (Å²) >= 11 is 1.37. The van der Waals surface area contributed by atoms with E-state index in [1.807, 2.05) is 67.6 Å². The summed E-state index contributed by atoms with van der Waals surface area (Å²) in [4.78, 5) is 38.7. The fraction of sp³-hybridized carbons (Fsp3) is 0.233. The first-order valence-electron chi connectivity index (χ1n) is 12.5. The Morgan fingerprint density at radius 2 is 1.61 bits per heavy atom. The van der Waals surface area contributed by atoms with Crippen LogP contribution < -0.4 is 15.4 Å². The van der Waals surface area contributed by atoms with Crippen molar-refractivity contribution in [3.63, 3.8) is 0 Å². The molecule has 1 aliphatic rings. The number of ether oxygens (including phenoxy) is 1. The molecule has 7 nitrogen and oxygen atoms in total. The van der Waals surface area contributed by atoms with Crippen LogP contribution in [0.4, 0.5) is 11.4 Å². The molecule has 0 saturated carbocycles. The van der Waals surface area contributed by atoms with Gasteiger partial charge in [-0.3, -0.25) is 14.4 Å². The topological polar surface area (TPSA) is 105 Å². The van der Waals surface area contributed by atoms with E-state index in [1.54, 1.807) is 30.3 Å². The molecule has 2 amide bonds. The highest BCUT2D eigenvalue weighted by atomic mass is 32.2. The van der Waals surface area contributed by atoms with Crippen LogP contribution >= 0.6 is 11.8 Å². The van der Waals surface area contributed by atoms with Gasteiger partial charge in [-0.25, -0.2) is 0 Å². The van der Waals surface area contributed by atoms with E-state index >= 15 is 0 Å². The SMILES string of the molecule is CCOc1ccc(NC(=O)C(Sc2cccc(NC(=O)C3CC=CCC3C(=O)O)c2)c2ccccc2)cc1. The van der Waals surface area contributed by atoms with Crippen molar-refractivity contribution in [1.82, 2.24) is 0 Å². The highest BCUT2D eigenvalue weighted by Gasteiger charge is 2.34. The van der Waals surface area contributed by atoms with Gasteiger partial charge in [0.1, 0.15) is 11.0 Å². The number of aliphatic carboxylic acids is 1. The number of carbonyl (C=O) groups excluding carboxylic acids is 2. The summed E-state index contributed by atoms with van der Waals surface area (Å²) < 4.78 is 5.48. The van der Waals surface area contributed by atoms with Gasteiger partial charge >= 0.3 is 5.97 Å². The molecule has 0 aliphatic heterocycles. The third-order valence-electron chi connectivity index (χ3n) is 6.22. The number of rotatable bonds is 10. The van der Waals surface area contributed by atoms with Crippen LogP contribution in [0.15, 0.2) is 95.9 Å². The Labute approximate surface area is 226 Å². The lowest BCUT2D eigenvalue weighted by Crippen LogP contribution is -2.34. The molecule has 196 valence electrons. The molecule has 0 saturated heterocycles. The van der Waals surface area contributed by atoms with Crippen LogP contribution in [-0.4, -0.2) is 29.5 Å². The maximum atomic E-state index is 13.4. The van der Waals surface area contributed by atoms with E-state index in [1.165, 1.54) is 11.8 Å². The number of nitrogens with one attached hydrogen (secondary N) is 2. The van der Waals surface area contributed by atoms with Crippen LogP contribution in [0.3, 0.4) is 0 Å². The predicted molar refractivity (Wildman–Crippen MR) is 149 cm³/mol. The molecular weight excluding hydrogens is 500 g/mol. The fourth-order valence-electron chi connectivity index (χ4n) is 4.30. The summed E-state index contributed by atoms with van der Waals surface area (Å²) in [5.74, 6) is -2.12. The molecule has 3 atom stereocenters. The van der Waals surface area contributed by atoms with E-state index in [0.29, 0.717) is 30.8 Å². The number of carbonyl (C=O) groups is 3. The Kier molecular flexibility index (Phi) is 9.21. The van der Waals surface area contributed by atoms with Crippen LogP contribution in [-0.2, 0) is 14.4 Å². The lowest BCUT2D eigenvalue weighted by atomic mass is 9.82. The van der Waals surface area contributed by atoms with Crippen LogP contribution in [0.2, 0.25) is 0 Å². The molecule has 0 aromatic heterocycles. The molecule has 3 aromatic carbocycles. The predicted octanol–water partition coefficient (Wildman–Crippen LogP) is 6.16. The monoisotopic (exact) mass is 530 g/mol. The van der Waals surface area contributed by atoms with Gasteiger partial charge in [0.05, 0.1) is 18.4 Å². The third-order valence-corrected chi connectivity index (χ3v) is 7.46. The van der Waals surface area contributed by atoms with Gasteiger partial charge in [0, 0.05) is 16.3 Å². The second-order valence-corrected chi connectivity index (χ2v) is 10.0. The summed E-state index contributed by atoms with van der Waals surface area (Å²) in [6.45, 7) is 2.48. The lowest BCUT2D eigenvalue weighted by Gasteiger charge is -2.24. The van der Waals surface area contributed by atoms with Crippen molar-refractivity contribution < 1.29 is 24.2 Å². The quantitative estimate of drug-likeness (QED) is 0.214. The summed E-state index contributed by atoms with van der Waals surface area (Å²) in [6.07, 6.45) is 4.38. The fourth-order valence-corrected chi connectivity index (χ4v) is 5.39. The Balaban J connectivity index is 1.50. The molecule has 0 bridgehead atoms. The van der Waals surface area contributed by atoms with Gasteiger partial charge in [0.15, 0.2) is 0 Å². The maximum Gasteiger partial charge on any atom is 0.307 e. The van der Waals surface area contributed by atoms with Gasteiger partial charge in [-0.05, 0) is 67.8 Å². The van der Waals surface area contributed by atoms with E-state index < -0.39 is 23.1 Å². The molecule has 3 aromatic rings. The molecular formula is C30H30N2O5S. The Bertz CT molecular complexity index is 1290. The number of carboxylic acid groups (broad SMARTS) is 1. The van der Waals surface area contributed by atoms with Gasteiger partial charge in [0.25, 0.3) is 0 Å². The minimum absolute atomic E-state index is 0.182. The number of amides is 2. The second kappa shape index (κ2) is 13.0. The Morgan fingerprint density at radius 1 is 0.895 bits per heavy atom. The van der Waals surface area contributed by atoms with Crippen LogP contribution in [0.1, 0.15) is 30.6 Å². The Morgan fingerprint density at radius 3 is 2.29 bits per heavy atom. The average molecular weight is 531 g/mol. The van der Waals surface area contributed by atoms with Crippen molar-refractivity contribution in [2.45, 2.75) is 29.9 Å². The highest BCUT2D eigenvalue weighted by Crippen LogP contribution is 2.37. The van der Waals surface area contributed by atoms with Crippen molar-refractivity contribution in [3.8, 4) is 5.75 Å². The molecule has 0 fully saturated rings. The van der Waals surface area contributed by atoms with Crippen LogP contribution in [0, 0.1) is 11.8 Å². The number of allylic oxidation sites excluding steroid dienone is 2. The van der Waals surface area contributed by atoms with Crippen molar-refractivity contribution in [2.24, 2.45) is 11.8 Å². The number of benzene rings is 3. The van der Waals surface area contributed by atoms with Crippen molar-refractivity contribution in [2.75, 3.05) is 17.2 Å². The molecule has 4 rings (SSSR count).